The molecule has 132 valence electrons. The molecule has 2 aliphatic rings. The van der Waals surface area contributed by atoms with E-state index in [4.69, 9.17) is 9.47 Å². The fourth-order valence-corrected chi connectivity index (χ4v) is 6.47. The maximum Gasteiger partial charge on any atom is 0.279 e. The highest BCUT2D eigenvalue weighted by atomic mass is 28.3. The van der Waals surface area contributed by atoms with Crippen LogP contribution in [-0.4, -0.2) is 43.3 Å². The molecule has 0 saturated carbocycles. The van der Waals surface area contributed by atoms with Crippen LogP contribution in [0.5, 0.6) is 5.75 Å². The molecule has 24 heavy (non-hydrogen) atoms. The van der Waals surface area contributed by atoms with Gasteiger partial charge in [-0.25, -0.2) is 4.98 Å². The van der Waals surface area contributed by atoms with Gasteiger partial charge in [0, 0.05) is 12.4 Å². The van der Waals surface area contributed by atoms with Crippen LogP contribution in [0, 0.1) is 0 Å². The van der Waals surface area contributed by atoms with Crippen LogP contribution in [-0.2, 0) is 4.74 Å². The SMILES string of the molecule is CC[Si](CC)(CC)c1cc2n(O)cc(OCCOC)cc-2c(=O)n1. The van der Waals surface area contributed by atoms with Gasteiger partial charge >= 0.3 is 0 Å². The molecule has 2 heterocycles. The van der Waals surface area contributed by atoms with Crippen LogP contribution < -0.4 is 15.6 Å². The summed E-state index contributed by atoms with van der Waals surface area (Å²) < 4.78 is 11.4. The number of pyridine rings is 2. The van der Waals surface area contributed by atoms with Crippen LogP contribution in [0.1, 0.15) is 20.8 Å². The third-order valence-corrected chi connectivity index (χ3v) is 10.3. The Kier molecular flexibility index (Phi) is 6.01. The zero-order chi connectivity index (χ0) is 17.7. The molecule has 0 aromatic rings. The van der Waals surface area contributed by atoms with Crippen molar-refractivity contribution in [2.24, 2.45) is 0 Å². The van der Waals surface area contributed by atoms with Gasteiger partial charge in [0.2, 0.25) is 0 Å². The van der Waals surface area contributed by atoms with Gasteiger partial charge in [0.15, 0.2) is 0 Å². The van der Waals surface area contributed by atoms with Crippen molar-refractivity contribution in [1.82, 2.24) is 9.71 Å². The Morgan fingerprint density at radius 3 is 2.42 bits per heavy atom. The third kappa shape index (κ3) is 3.46. The molecule has 0 bridgehead atoms. The molecule has 0 saturated heterocycles. The highest BCUT2D eigenvalue weighted by Gasteiger charge is 2.32. The molecule has 0 radical (unpaired) electrons. The molecule has 2 rings (SSSR count). The Balaban J connectivity index is 2.52. The average molecular weight is 350 g/mol. The molecule has 1 N–H and O–H groups in total. The second-order valence-electron chi connectivity index (χ2n) is 5.95. The van der Waals surface area contributed by atoms with Crippen molar-refractivity contribution in [3.8, 4) is 17.0 Å². The van der Waals surface area contributed by atoms with Crippen molar-refractivity contribution in [3.63, 3.8) is 0 Å². The Morgan fingerprint density at radius 2 is 1.83 bits per heavy atom. The Labute approximate surface area is 143 Å². The van der Waals surface area contributed by atoms with E-state index in [0.29, 0.717) is 30.2 Å². The van der Waals surface area contributed by atoms with Gasteiger partial charge in [-0.1, -0.05) is 38.9 Å². The summed E-state index contributed by atoms with van der Waals surface area (Å²) in [7, 11) is -0.202. The second kappa shape index (κ2) is 7.81. The van der Waals surface area contributed by atoms with E-state index in [1.807, 2.05) is 6.07 Å². The van der Waals surface area contributed by atoms with Gasteiger partial charge in [-0.2, -0.15) is 4.73 Å². The lowest BCUT2D eigenvalue weighted by Crippen LogP contribution is -2.50. The van der Waals surface area contributed by atoms with Gasteiger partial charge in [0.1, 0.15) is 20.4 Å². The molecular formula is C17H26N2O4Si. The normalized spacial score (nSPS) is 11.8. The summed E-state index contributed by atoms with van der Waals surface area (Å²) >= 11 is 0. The van der Waals surface area contributed by atoms with Gasteiger partial charge in [0.25, 0.3) is 5.56 Å². The summed E-state index contributed by atoms with van der Waals surface area (Å²) in [5.41, 5.74) is 0.536. The largest absolute Gasteiger partial charge is 0.489 e. The van der Waals surface area contributed by atoms with E-state index in [1.165, 1.54) is 6.20 Å². The van der Waals surface area contributed by atoms with Gasteiger partial charge in [-0.3, -0.25) is 4.79 Å². The van der Waals surface area contributed by atoms with Crippen molar-refractivity contribution in [3.05, 3.63) is 28.7 Å². The zero-order valence-electron chi connectivity index (χ0n) is 14.8. The van der Waals surface area contributed by atoms with Crippen molar-refractivity contribution < 1.29 is 14.7 Å². The van der Waals surface area contributed by atoms with Crippen LogP contribution in [0.2, 0.25) is 18.1 Å². The van der Waals surface area contributed by atoms with Crippen LogP contribution in [0.4, 0.5) is 0 Å². The number of ether oxygens (including phenoxy) is 2. The number of methoxy groups -OCH3 is 1. The first-order valence-corrected chi connectivity index (χ1v) is 11.0. The maximum atomic E-state index is 12.5. The Hall–Kier alpha value is -1.86. The Bertz CT molecular complexity index is 704. The number of aromatic nitrogens is 2. The molecule has 0 amide bonds. The summed E-state index contributed by atoms with van der Waals surface area (Å²) in [6.45, 7) is 7.27. The van der Waals surface area contributed by atoms with Crippen molar-refractivity contribution in [1.29, 1.82) is 0 Å². The first-order valence-electron chi connectivity index (χ1n) is 8.40. The summed E-state index contributed by atoms with van der Waals surface area (Å²) in [5.74, 6) is 0.415. The van der Waals surface area contributed by atoms with Gasteiger partial charge < -0.3 is 14.7 Å². The van der Waals surface area contributed by atoms with Crippen LogP contribution in [0.3, 0.4) is 0 Å². The lowest BCUT2D eigenvalue weighted by molar-refractivity contribution is 0.141. The van der Waals surface area contributed by atoms with E-state index in [2.05, 4.69) is 25.8 Å². The molecule has 0 spiro atoms. The number of hydrogen-bond donors (Lipinski definition) is 1. The van der Waals surface area contributed by atoms with Crippen molar-refractivity contribution in [2.45, 2.75) is 38.9 Å². The Morgan fingerprint density at radius 1 is 1.17 bits per heavy atom. The number of rotatable bonds is 8. The minimum Gasteiger partial charge on any atom is -0.489 e. The van der Waals surface area contributed by atoms with Crippen molar-refractivity contribution >= 4 is 13.4 Å². The second-order valence-corrected chi connectivity index (χ2v) is 11.1. The third-order valence-electron chi connectivity index (χ3n) is 4.91. The molecule has 6 nitrogen and oxygen atoms in total. The van der Waals surface area contributed by atoms with E-state index >= 15 is 0 Å². The minimum absolute atomic E-state index is 0.310. The highest BCUT2D eigenvalue weighted by molar-refractivity contribution is 6.91. The van der Waals surface area contributed by atoms with Crippen molar-refractivity contribution in [2.75, 3.05) is 20.3 Å². The predicted molar refractivity (Wildman–Crippen MR) is 96.5 cm³/mol. The van der Waals surface area contributed by atoms with E-state index < -0.39 is 8.07 Å². The molecule has 2 aliphatic heterocycles. The first-order chi connectivity index (χ1) is 11.5. The number of nitrogens with zero attached hydrogens (tertiary/aromatic N) is 2. The summed E-state index contributed by atoms with van der Waals surface area (Å²) in [5, 5.41) is 11.2. The number of fused-ring (bicyclic) bond motifs is 1. The smallest absolute Gasteiger partial charge is 0.279 e. The molecule has 0 aliphatic carbocycles. The van der Waals surface area contributed by atoms with Gasteiger partial charge in [-0.15, -0.1) is 0 Å². The van der Waals surface area contributed by atoms with Crippen LogP contribution >= 0.6 is 0 Å². The van der Waals surface area contributed by atoms with E-state index in [0.717, 1.165) is 28.2 Å². The van der Waals surface area contributed by atoms with E-state index in [1.54, 1.807) is 13.2 Å². The van der Waals surface area contributed by atoms with E-state index in [9.17, 15) is 10.0 Å². The molecular weight excluding hydrogens is 324 g/mol. The monoisotopic (exact) mass is 350 g/mol. The predicted octanol–water partition coefficient (Wildman–Crippen LogP) is 2.33. The van der Waals surface area contributed by atoms with E-state index in [-0.39, 0.29) is 5.56 Å². The highest BCUT2D eigenvalue weighted by Crippen LogP contribution is 2.25. The van der Waals surface area contributed by atoms with Gasteiger partial charge in [-0.05, 0) is 12.1 Å². The molecule has 0 unspecified atom stereocenters. The maximum absolute atomic E-state index is 12.5. The minimum atomic E-state index is -1.79. The summed E-state index contributed by atoms with van der Waals surface area (Å²) in [4.78, 5) is 16.9. The lowest BCUT2D eigenvalue weighted by Gasteiger charge is -2.27. The zero-order valence-corrected chi connectivity index (χ0v) is 15.8. The van der Waals surface area contributed by atoms with Crippen LogP contribution in [0.15, 0.2) is 23.1 Å². The molecule has 0 atom stereocenters. The standard InChI is InChI=1S/C17H26N2O4Si/c1-5-24(6-2,7-3)16-11-15-14(17(20)18-16)10-13(12-19(15)21)23-9-8-22-4/h10-12,21H,5-9H2,1-4H3. The fraction of sp³-hybridized carbons (Fsp3) is 0.529. The topological polar surface area (TPSA) is 73.6 Å². The summed E-state index contributed by atoms with van der Waals surface area (Å²) in [6, 6.07) is 6.59. The molecule has 0 aromatic carbocycles. The van der Waals surface area contributed by atoms with Crippen LogP contribution in [0.25, 0.3) is 11.3 Å². The average Bonchev–Trinajstić information content (AvgIpc) is 2.58. The quantitative estimate of drug-likeness (QED) is 0.449. The fourth-order valence-electron chi connectivity index (χ4n) is 3.10. The first kappa shape index (κ1) is 18.5. The molecule has 0 aromatic heterocycles. The lowest BCUT2D eigenvalue weighted by atomic mass is 10.2. The van der Waals surface area contributed by atoms with Gasteiger partial charge in [0.05, 0.1) is 24.1 Å². The summed E-state index contributed by atoms with van der Waals surface area (Å²) in [6.07, 6.45) is 1.47. The molecule has 0 fully saturated rings. The number of hydrogen-bond acceptors (Lipinski definition) is 5. The molecule has 7 heteroatoms.